The molecule has 0 aliphatic heterocycles. The van der Waals surface area contributed by atoms with Crippen molar-refractivity contribution in [1.29, 1.82) is 0 Å². The van der Waals surface area contributed by atoms with Crippen LogP contribution in [0, 0.1) is 23.3 Å². The van der Waals surface area contributed by atoms with E-state index in [0.717, 1.165) is 14.7 Å². The van der Waals surface area contributed by atoms with Gasteiger partial charge in [-0.25, -0.2) is 17.6 Å². The van der Waals surface area contributed by atoms with Crippen molar-refractivity contribution in [3.63, 3.8) is 0 Å². The van der Waals surface area contributed by atoms with Gasteiger partial charge < -0.3 is 10.1 Å². The van der Waals surface area contributed by atoms with Crippen LogP contribution >= 0.6 is 15.9 Å². The van der Waals surface area contributed by atoms with Gasteiger partial charge in [0, 0.05) is 27.9 Å². The Bertz CT molecular complexity index is 1360. The van der Waals surface area contributed by atoms with Crippen LogP contribution in [0.1, 0.15) is 21.5 Å². The lowest BCUT2D eigenvalue weighted by Crippen LogP contribution is -2.12. The number of carbonyl (C=O) groups excluding carboxylic acids is 1. The molecule has 174 valence electrons. The number of rotatable bonds is 7. The molecule has 1 amide bonds. The maximum Gasteiger partial charge on any atom is 0.255 e. The number of halogens is 5. The van der Waals surface area contributed by atoms with Crippen molar-refractivity contribution in [2.75, 3.05) is 5.32 Å². The molecule has 0 atom stereocenters. The first-order chi connectivity index (χ1) is 16.3. The van der Waals surface area contributed by atoms with Gasteiger partial charge in [-0.15, -0.1) is 0 Å². The summed E-state index contributed by atoms with van der Waals surface area (Å²) in [5, 5.41) is 6.54. The van der Waals surface area contributed by atoms with E-state index in [2.05, 4.69) is 26.3 Å². The second-order valence-corrected chi connectivity index (χ2v) is 8.19. The van der Waals surface area contributed by atoms with Crippen molar-refractivity contribution >= 4 is 27.5 Å². The van der Waals surface area contributed by atoms with Crippen molar-refractivity contribution in [3.8, 4) is 5.75 Å². The van der Waals surface area contributed by atoms with E-state index in [1.165, 1.54) is 12.4 Å². The topological polar surface area (TPSA) is 56.2 Å². The van der Waals surface area contributed by atoms with Crippen LogP contribution in [-0.4, -0.2) is 15.7 Å². The molecule has 0 spiro atoms. The number of carbonyl (C=O) groups is 1. The number of amides is 1. The van der Waals surface area contributed by atoms with Crippen molar-refractivity contribution in [1.82, 2.24) is 9.78 Å². The third-order valence-corrected chi connectivity index (χ3v) is 5.30. The highest BCUT2D eigenvalue weighted by atomic mass is 79.9. The zero-order valence-corrected chi connectivity index (χ0v) is 19.0. The number of nitrogens with zero attached hydrogens (tertiary/aromatic N) is 2. The largest absolute Gasteiger partial charge is 0.489 e. The average Bonchev–Trinajstić information content (AvgIpc) is 3.26. The Balaban J connectivity index is 1.41. The molecule has 1 aromatic heterocycles. The normalized spacial score (nSPS) is 10.9. The Morgan fingerprint density at radius 1 is 1.00 bits per heavy atom. The summed E-state index contributed by atoms with van der Waals surface area (Å²) in [6.07, 6.45) is 2.59. The molecule has 5 nitrogen and oxygen atoms in total. The minimum Gasteiger partial charge on any atom is -0.489 e. The highest BCUT2D eigenvalue weighted by Gasteiger charge is 2.19. The third-order valence-electron chi connectivity index (χ3n) is 4.81. The second-order valence-electron chi connectivity index (χ2n) is 7.27. The van der Waals surface area contributed by atoms with E-state index in [-0.39, 0.29) is 18.4 Å². The van der Waals surface area contributed by atoms with Crippen LogP contribution in [0.5, 0.6) is 5.75 Å². The molecule has 0 aliphatic carbocycles. The Hall–Kier alpha value is -3.66. The standard InChI is InChI=1S/C24H16BrF4N3O2/c25-16-5-2-6-18(8-16)34-13-14-3-1-4-15(7-14)24(33)31-17-10-30-32(11-17)12-19-20(26)9-21(27)23(29)22(19)28/h1-11H,12-13H2,(H,31,33). The Morgan fingerprint density at radius 3 is 2.59 bits per heavy atom. The Kier molecular flexibility index (Phi) is 6.97. The molecule has 3 aromatic carbocycles. The lowest BCUT2D eigenvalue weighted by Gasteiger charge is -2.08. The first kappa shape index (κ1) is 23.5. The summed E-state index contributed by atoms with van der Waals surface area (Å²) in [5.74, 6) is -6.00. The zero-order chi connectivity index (χ0) is 24.2. The van der Waals surface area contributed by atoms with Gasteiger partial charge in [0.1, 0.15) is 18.2 Å². The number of nitrogens with one attached hydrogen (secondary N) is 1. The van der Waals surface area contributed by atoms with Crippen LogP contribution < -0.4 is 10.1 Å². The van der Waals surface area contributed by atoms with Crippen LogP contribution in [-0.2, 0) is 13.2 Å². The molecule has 1 heterocycles. The average molecular weight is 534 g/mol. The number of ether oxygens (including phenoxy) is 1. The summed E-state index contributed by atoms with van der Waals surface area (Å²) >= 11 is 3.38. The van der Waals surface area contributed by atoms with Gasteiger partial charge in [0.05, 0.1) is 18.4 Å². The maximum atomic E-state index is 13.9. The fourth-order valence-corrected chi connectivity index (χ4v) is 3.53. The van der Waals surface area contributed by atoms with E-state index in [9.17, 15) is 22.4 Å². The third kappa shape index (κ3) is 5.45. The molecule has 0 unspecified atom stereocenters. The fourth-order valence-electron chi connectivity index (χ4n) is 3.15. The molecule has 0 saturated carbocycles. The summed E-state index contributed by atoms with van der Waals surface area (Å²) in [5.41, 5.74) is 0.704. The lowest BCUT2D eigenvalue weighted by atomic mass is 10.1. The highest BCUT2D eigenvalue weighted by molar-refractivity contribution is 9.10. The molecular weight excluding hydrogens is 518 g/mol. The molecule has 0 saturated heterocycles. The minimum absolute atomic E-state index is 0.251. The molecule has 0 radical (unpaired) electrons. The van der Waals surface area contributed by atoms with Gasteiger partial charge in [0.25, 0.3) is 5.91 Å². The van der Waals surface area contributed by atoms with Gasteiger partial charge >= 0.3 is 0 Å². The van der Waals surface area contributed by atoms with Crippen LogP contribution in [0.15, 0.2) is 71.5 Å². The fraction of sp³-hybridized carbons (Fsp3) is 0.0833. The molecule has 0 aliphatic rings. The van der Waals surface area contributed by atoms with Crippen LogP contribution in [0.3, 0.4) is 0 Å². The van der Waals surface area contributed by atoms with Crippen molar-refractivity contribution in [3.05, 3.63) is 111 Å². The number of hydrogen-bond acceptors (Lipinski definition) is 3. The summed E-state index contributed by atoms with van der Waals surface area (Å²) in [6, 6.07) is 14.5. The highest BCUT2D eigenvalue weighted by Crippen LogP contribution is 2.21. The van der Waals surface area contributed by atoms with Crippen molar-refractivity contribution in [2.24, 2.45) is 0 Å². The van der Waals surface area contributed by atoms with Gasteiger partial charge in [-0.3, -0.25) is 9.48 Å². The predicted molar refractivity (Wildman–Crippen MR) is 120 cm³/mol. The summed E-state index contributed by atoms with van der Waals surface area (Å²) in [7, 11) is 0. The van der Waals surface area contributed by atoms with E-state index < -0.39 is 41.3 Å². The van der Waals surface area contributed by atoms with Crippen LogP contribution in [0.4, 0.5) is 23.2 Å². The number of benzene rings is 3. The van der Waals surface area contributed by atoms with Crippen molar-refractivity contribution < 1.29 is 27.1 Å². The first-order valence-corrected chi connectivity index (χ1v) is 10.7. The van der Waals surface area contributed by atoms with Crippen LogP contribution in [0.25, 0.3) is 0 Å². The quantitative estimate of drug-likeness (QED) is 0.178. The van der Waals surface area contributed by atoms with E-state index in [0.29, 0.717) is 11.3 Å². The molecule has 34 heavy (non-hydrogen) atoms. The minimum atomic E-state index is -1.76. The monoisotopic (exact) mass is 533 g/mol. The molecule has 4 aromatic rings. The number of anilines is 1. The molecule has 0 fully saturated rings. The predicted octanol–water partition coefficient (Wildman–Crippen LogP) is 6.08. The van der Waals surface area contributed by atoms with Gasteiger partial charge in [0.2, 0.25) is 0 Å². The lowest BCUT2D eigenvalue weighted by molar-refractivity contribution is 0.102. The van der Waals surface area contributed by atoms with Gasteiger partial charge in [-0.1, -0.05) is 34.1 Å². The summed E-state index contributed by atoms with van der Waals surface area (Å²) in [4.78, 5) is 12.6. The molecule has 0 bridgehead atoms. The van der Waals surface area contributed by atoms with Crippen LogP contribution in [0.2, 0.25) is 0 Å². The van der Waals surface area contributed by atoms with Gasteiger partial charge in [-0.2, -0.15) is 5.10 Å². The Labute approximate surface area is 200 Å². The second kappa shape index (κ2) is 10.1. The van der Waals surface area contributed by atoms with E-state index in [4.69, 9.17) is 4.74 Å². The zero-order valence-electron chi connectivity index (χ0n) is 17.4. The van der Waals surface area contributed by atoms with Gasteiger partial charge in [0.15, 0.2) is 17.5 Å². The molecule has 4 rings (SSSR count). The van der Waals surface area contributed by atoms with Gasteiger partial charge in [-0.05, 0) is 35.9 Å². The first-order valence-electron chi connectivity index (χ1n) is 9.93. The maximum absolute atomic E-state index is 13.9. The van der Waals surface area contributed by atoms with Crippen molar-refractivity contribution in [2.45, 2.75) is 13.2 Å². The molecular formula is C24H16BrF4N3O2. The SMILES string of the molecule is O=C(Nc1cnn(Cc2c(F)cc(F)c(F)c2F)c1)c1cccc(COc2cccc(Br)c2)c1. The van der Waals surface area contributed by atoms with E-state index >= 15 is 0 Å². The smallest absolute Gasteiger partial charge is 0.255 e. The number of aromatic nitrogens is 2. The molecule has 10 heteroatoms. The van der Waals surface area contributed by atoms with E-state index in [1.807, 2.05) is 30.3 Å². The summed E-state index contributed by atoms with van der Waals surface area (Å²) in [6.45, 7) is -0.242. The van der Waals surface area contributed by atoms with E-state index in [1.54, 1.807) is 18.2 Å². The number of hydrogen-bond donors (Lipinski definition) is 1. The summed E-state index contributed by atoms with van der Waals surface area (Å²) < 4.78 is 62.0. The molecule has 1 N–H and O–H groups in total. The Morgan fingerprint density at radius 2 is 1.79 bits per heavy atom.